The Morgan fingerprint density at radius 2 is 1.70 bits per heavy atom. The van der Waals surface area contributed by atoms with Crippen molar-refractivity contribution >= 4 is 21.6 Å². The van der Waals surface area contributed by atoms with Gasteiger partial charge in [0.25, 0.3) is 5.91 Å². The van der Waals surface area contributed by atoms with Gasteiger partial charge in [0.1, 0.15) is 17.3 Å². The van der Waals surface area contributed by atoms with Crippen LogP contribution in [0.25, 0.3) is 0 Å². The second kappa shape index (κ2) is 9.60. The predicted molar refractivity (Wildman–Crippen MR) is 121 cm³/mol. The van der Waals surface area contributed by atoms with Crippen molar-refractivity contribution in [1.82, 2.24) is 4.31 Å². The lowest BCUT2D eigenvalue weighted by molar-refractivity contribution is -0.118. The lowest BCUT2D eigenvalue weighted by Crippen LogP contribution is -2.36. The molecule has 0 saturated carbocycles. The van der Waals surface area contributed by atoms with Gasteiger partial charge < -0.3 is 14.8 Å². The topological polar surface area (TPSA) is 84.9 Å². The summed E-state index contributed by atoms with van der Waals surface area (Å²) in [6, 6.07) is 17.1. The SMILES string of the molecule is COc1ccc(S(=O)(=O)N2CCc3ccc(NC(=O)COc4ccc(F)cc4)cc3C2)cc1. The first-order valence-electron chi connectivity index (χ1n) is 10.3. The molecule has 0 atom stereocenters. The molecule has 33 heavy (non-hydrogen) atoms. The van der Waals surface area contributed by atoms with Gasteiger partial charge >= 0.3 is 0 Å². The first-order chi connectivity index (χ1) is 15.8. The number of hydrogen-bond acceptors (Lipinski definition) is 5. The van der Waals surface area contributed by atoms with E-state index in [4.69, 9.17) is 9.47 Å². The third kappa shape index (κ3) is 5.32. The fourth-order valence-electron chi connectivity index (χ4n) is 3.59. The molecule has 0 radical (unpaired) electrons. The average Bonchev–Trinajstić information content (AvgIpc) is 2.83. The molecule has 3 aromatic rings. The molecule has 7 nitrogen and oxygen atoms in total. The van der Waals surface area contributed by atoms with E-state index >= 15 is 0 Å². The van der Waals surface area contributed by atoms with E-state index in [1.165, 1.54) is 47.8 Å². The molecule has 9 heteroatoms. The van der Waals surface area contributed by atoms with Gasteiger partial charge in [-0.25, -0.2) is 12.8 Å². The van der Waals surface area contributed by atoms with E-state index in [1.54, 1.807) is 24.3 Å². The van der Waals surface area contributed by atoms with Crippen LogP contribution in [0.15, 0.2) is 71.6 Å². The minimum absolute atomic E-state index is 0.203. The van der Waals surface area contributed by atoms with Crippen LogP contribution in [0, 0.1) is 5.82 Å². The number of carbonyl (C=O) groups excluding carboxylic acids is 1. The zero-order valence-corrected chi connectivity index (χ0v) is 18.8. The van der Waals surface area contributed by atoms with E-state index in [0.29, 0.717) is 30.2 Å². The highest BCUT2D eigenvalue weighted by molar-refractivity contribution is 7.89. The highest BCUT2D eigenvalue weighted by Crippen LogP contribution is 2.28. The van der Waals surface area contributed by atoms with E-state index in [9.17, 15) is 17.6 Å². The molecule has 172 valence electrons. The number of ether oxygens (including phenoxy) is 2. The number of anilines is 1. The van der Waals surface area contributed by atoms with E-state index in [2.05, 4.69) is 5.32 Å². The Morgan fingerprint density at radius 3 is 2.39 bits per heavy atom. The van der Waals surface area contributed by atoms with Crippen LogP contribution in [0.4, 0.5) is 10.1 Å². The number of methoxy groups -OCH3 is 1. The third-order valence-electron chi connectivity index (χ3n) is 5.35. The van der Waals surface area contributed by atoms with Crippen molar-refractivity contribution in [1.29, 1.82) is 0 Å². The van der Waals surface area contributed by atoms with Crippen molar-refractivity contribution in [3.63, 3.8) is 0 Å². The summed E-state index contributed by atoms with van der Waals surface area (Å²) in [4.78, 5) is 12.5. The monoisotopic (exact) mass is 470 g/mol. The van der Waals surface area contributed by atoms with Gasteiger partial charge in [0.2, 0.25) is 10.0 Å². The van der Waals surface area contributed by atoms with E-state index in [-0.39, 0.29) is 29.8 Å². The molecule has 0 spiro atoms. The summed E-state index contributed by atoms with van der Waals surface area (Å²) in [5.41, 5.74) is 2.41. The smallest absolute Gasteiger partial charge is 0.262 e. The molecular formula is C24H23FN2O5S. The number of nitrogens with zero attached hydrogens (tertiary/aromatic N) is 1. The molecule has 0 aliphatic carbocycles. The van der Waals surface area contributed by atoms with Crippen molar-refractivity contribution in [3.05, 3.63) is 83.7 Å². The Balaban J connectivity index is 1.42. The molecule has 1 N–H and O–H groups in total. The van der Waals surface area contributed by atoms with Gasteiger partial charge in [-0.05, 0) is 78.2 Å². The minimum atomic E-state index is -3.66. The molecular weight excluding hydrogens is 447 g/mol. The van der Waals surface area contributed by atoms with Gasteiger partial charge in [0, 0.05) is 18.8 Å². The molecule has 0 bridgehead atoms. The van der Waals surface area contributed by atoms with Crippen molar-refractivity contribution in [2.24, 2.45) is 0 Å². The molecule has 0 saturated heterocycles. The van der Waals surface area contributed by atoms with Crippen LogP contribution in [0.5, 0.6) is 11.5 Å². The normalized spacial score (nSPS) is 13.8. The predicted octanol–water partition coefficient (Wildman–Crippen LogP) is 3.60. The number of rotatable bonds is 7. The lowest BCUT2D eigenvalue weighted by Gasteiger charge is -2.28. The number of amides is 1. The Kier molecular flexibility index (Phi) is 6.62. The number of halogens is 1. The summed E-state index contributed by atoms with van der Waals surface area (Å²) in [7, 11) is -2.14. The van der Waals surface area contributed by atoms with Crippen molar-refractivity contribution in [2.45, 2.75) is 17.9 Å². The lowest BCUT2D eigenvalue weighted by atomic mass is 10.0. The number of nitrogens with one attached hydrogen (secondary N) is 1. The molecule has 1 aliphatic heterocycles. The zero-order valence-electron chi connectivity index (χ0n) is 18.0. The van der Waals surface area contributed by atoms with E-state index in [0.717, 1.165) is 11.1 Å². The van der Waals surface area contributed by atoms with Crippen molar-refractivity contribution in [2.75, 3.05) is 25.6 Å². The summed E-state index contributed by atoms with van der Waals surface area (Å²) < 4.78 is 51.0. The maximum atomic E-state index is 13.1. The highest BCUT2D eigenvalue weighted by atomic mass is 32.2. The molecule has 0 unspecified atom stereocenters. The van der Waals surface area contributed by atoms with Crippen LogP contribution in [-0.4, -0.2) is 38.9 Å². The van der Waals surface area contributed by atoms with Gasteiger partial charge in [0.15, 0.2) is 6.61 Å². The van der Waals surface area contributed by atoms with Crippen molar-refractivity contribution < 1.29 is 27.1 Å². The van der Waals surface area contributed by atoms with Crippen molar-refractivity contribution in [3.8, 4) is 11.5 Å². The van der Waals surface area contributed by atoms with Crippen LogP contribution >= 0.6 is 0 Å². The maximum absolute atomic E-state index is 13.1. The summed E-state index contributed by atoms with van der Waals surface area (Å²) in [5, 5.41) is 2.75. The Morgan fingerprint density at radius 1 is 1.00 bits per heavy atom. The quantitative estimate of drug-likeness (QED) is 0.570. The summed E-state index contributed by atoms with van der Waals surface area (Å²) in [5.74, 6) is 0.208. The number of hydrogen-bond donors (Lipinski definition) is 1. The summed E-state index contributed by atoms with van der Waals surface area (Å²) in [6.07, 6.45) is 0.576. The van der Waals surface area contributed by atoms with Gasteiger partial charge in [-0.2, -0.15) is 4.31 Å². The second-order valence-electron chi connectivity index (χ2n) is 7.54. The summed E-state index contributed by atoms with van der Waals surface area (Å²) in [6.45, 7) is 0.346. The molecule has 1 amide bonds. The molecule has 4 rings (SSSR count). The maximum Gasteiger partial charge on any atom is 0.262 e. The fourth-order valence-corrected chi connectivity index (χ4v) is 5.01. The molecule has 1 aliphatic rings. The van der Waals surface area contributed by atoms with E-state index in [1.807, 2.05) is 6.07 Å². The number of benzene rings is 3. The summed E-state index contributed by atoms with van der Waals surface area (Å²) >= 11 is 0. The first kappa shape index (κ1) is 22.8. The molecule has 0 aromatic heterocycles. The first-order valence-corrected chi connectivity index (χ1v) is 11.7. The van der Waals surface area contributed by atoms with Crippen LogP contribution < -0.4 is 14.8 Å². The van der Waals surface area contributed by atoms with E-state index < -0.39 is 10.0 Å². The Bertz CT molecular complexity index is 1240. The number of fused-ring (bicyclic) bond motifs is 1. The highest BCUT2D eigenvalue weighted by Gasteiger charge is 2.28. The minimum Gasteiger partial charge on any atom is -0.497 e. The Hall–Kier alpha value is -3.43. The largest absolute Gasteiger partial charge is 0.497 e. The van der Waals surface area contributed by atoms with Gasteiger partial charge in [0.05, 0.1) is 12.0 Å². The molecule has 1 heterocycles. The van der Waals surface area contributed by atoms with Crippen LogP contribution in [0.1, 0.15) is 11.1 Å². The van der Waals surface area contributed by atoms with Gasteiger partial charge in [-0.3, -0.25) is 4.79 Å². The number of sulfonamides is 1. The Labute approximate surface area is 191 Å². The molecule has 3 aromatic carbocycles. The van der Waals surface area contributed by atoms with Gasteiger partial charge in [-0.15, -0.1) is 0 Å². The van der Waals surface area contributed by atoms with Gasteiger partial charge in [-0.1, -0.05) is 6.07 Å². The van der Waals surface area contributed by atoms with Crippen LogP contribution in [0.2, 0.25) is 0 Å². The fraction of sp³-hybridized carbons (Fsp3) is 0.208. The van der Waals surface area contributed by atoms with Crippen LogP contribution in [-0.2, 0) is 27.8 Å². The standard InChI is InChI=1S/C24H23FN2O5S/c1-31-21-8-10-23(11-9-21)33(29,30)27-13-12-17-2-5-20(14-18(17)15-27)26-24(28)16-32-22-6-3-19(25)4-7-22/h2-11,14H,12-13,15-16H2,1H3,(H,26,28). The second-order valence-corrected chi connectivity index (χ2v) is 9.48. The van der Waals surface area contributed by atoms with Crippen LogP contribution in [0.3, 0.4) is 0 Å². The zero-order chi connectivity index (χ0) is 23.4. The number of carbonyl (C=O) groups is 1. The third-order valence-corrected chi connectivity index (χ3v) is 7.21. The molecule has 0 fully saturated rings. The average molecular weight is 471 g/mol.